The van der Waals surface area contributed by atoms with Gasteiger partial charge in [-0.15, -0.1) is 0 Å². The Hall–Kier alpha value is -0.850. The number of allylic oxidation sites excluding steroid dienone is 4. The highest BCUT2D eigenvalue weighted by Gasteiger charge is 2.15. The van der Waals surface area contributed by atoms with Gasteiger partial charge in [-0.1, -0.05) is 12.2 Å². The molecule has 1 fully saturated rings. The van der Waals surface area contributed by atoms with Gasteiger partial charge in [-0.2, -0.15) is 0 Å². The van der Waals surface area contributed by atoms with Crippen LogP contribution in [0.15, 0.2) is 23.3 Å². The summed E-state index contributed by atoms with van der Waals surface area (Å²) in [4.78, 5) is 11.0. The van der Waals surface area contributed by atoms with E-state index < -0.39 is 0 Å². The molecule has 0 spiro atoms. The van der Waals surface area contributed by atoms with E-state index in [-0.39, 0.29) is 0 Å². The first-order valence-electron chi connectivity index (χ1n) is 4.10. The number of ketones is 1. The summed E-state index contributed by atoms with van der Waals surface area (Å²) >= 11 is 0. The zero-order valence-electron chi connectivity index (χ0n) is 7.18. The van der Waals surface area contributed by atoms with Gasteiger partial charge in [0.25, 0.3) is 0 Å². The first-order valence-corrected chi connectivity index (χ1v) is 4.10. The highest BCUT2D eigenvalue weighted by atomic mass is 16.1. The Kier molecular flexibility index (Phi) is 2.64. The second kappa shape index (κ2) is 3.51. The monoisotopic (exact) mass is 150 g/mol. The quantitative estimate of drug-likeness (QED) is 0.518. The first kappa shape index (κ1) is 8.25. The average molecular weight is 150 g/mol. The molecule has 1 aliphatic rings. The molecule has 0 heterocycles. The van der Waals surface area contributed by atoms with Crippen LogP contribution >= 0.6 is 0 Å². The van der Waals surface area contributed by atoms with E-state index >= 15 is 0 Å². The van der Waals surface area contributed by atoms with Crippen molar-refractivity contribution in [1.82, 2.24) is 0 Å². The second-order valence-electron chi connectivity index (χ2n) is 2.84. The maximum Gasteiger partial charge on any atom is 0.137 e. The summed E-state index contributed by atoms with van der Waals surface area (Å²) in [5.41, 5.74) is 2.58. The van der Waals surface area contributed by atoms with Gasteiger partial charge in [0.2, 0.25) is 0 Å². The highest BCUT2D eigenvalue weighted by Crippen LogP contribution is 2.25. The van der Waals surface area contributed by atoms with Crippen molar-refractivity contribution in [3.63, 3.8) is 0 Å². The third-order valence-corrected chi connectivity index (χ3v) is 2.17. The maximum atomic E-state index is 11.0. The van der Waals surface area contributed by atoms with E-state index in [4.69, 9.17) is 0 Å². The van der Waals surface area contributed by atoms with E-state index in [9.17, 15) is 4.79 Å². The van der Waals surface area contributed by atoms with Crippen LogP contribution in [-0.4, -0.2) is 5.78 Å². The number of hydrogen-bond donors (Lipinski definition) is 0. The molecule has 1 aliphatic carbocycles. The van der Waals surface area contributed by atoms with Crippen LogP contribution in [0, 0.1) is 0 Å². The molecular formula is C10H14O. The van der Waals surface area contributed by atoms with Crippen LogP contribution in [-0.2, 0) is 4.79 Å². The van der Waals surface area contributed by atoms with E-state index in [1.807, 2.05) is 19.9 Å². The van der Waals surface area contributed by atoms with Crippen molar-refractivity contribution in [3.8, 4) is 0 Å². The standard InChI is InChI=1S/C10H14O/c1-3-8-5-6-10(11)7-9(8)4-2/h3-4H,5-7H2,1-2H3/b8-3+,9-4-. The fourth-order valence-corrected chi connectivity index (χ4v) is 1.47. The van der Waals surface area contributed by atoms with Crippen LogP contribution in [0.4, 0.5) is 0 Å². The molecule has 60 valence electrons. The van der Waals surface area contributed by atoms with E-state index in [2.05, 4.69) is 6.08 Å². The third kappa shape index (κ3) is 1.79. The summed E-state index contributed by atoms with van der Waals surface area (Å²) in [6, 6.07) is 0. The molecule has 0 amide bonds. The van der Waals surface area contributed by atoms with Crippen molar-refractivity contribution in [2.24, 2.45) is 0 Å². The SMILES string of the molecule is C/C=C1/CC(=O)CC/C1=C\C. The van der Waals surface area contributed by atoms with Crippen LogP contribution in [0.1, 0.15) is 33.1 Å². The lowest BCUT2D eigenvalue weighted by Gasteiger charge is -2.16. The molecule has 0 saturated heterocycles. The summed E-state index contributed by atoms with van der Waals surface area (Å²) < 4.78 is 0. The van der Waals surface area contributed by atoms with Crippen molar-refractivity contribution in [2.75, 3.05) is 0 Å². The van der Waals surface area contributed by atoms with Gasteiger partial charge in [0.15, 0.2) is 0 Å². The van der Waals surface area contributed by atoms with Gasteiger partial charge in [0.1, 0.15) is 5.78 Å². The molecule has 0 aromatic rings. The Balaban J connectivity index is 2.79. The van der Waals surface area contributed by atoms with Crippen molar-refractivity contribution in [1.29, 1.82) is 0 Å². The Labute approximate surface area is 67.8 Å². The summed E-state index contributed by atoms with van der Waals surface area (Å²) in [5, 5.41) is 0. The molecule has 1 heteroatoms. The minimum atomic E-state index is 0.378. The number of carbonyl (C=O) groups excluding carboxylic acids is 1. The minimum Gasteiger partial charge on any atom is -0.299 e. The summed E-state index contributed by atoms with van der Waals surface area (Å²) in [5.74, 6) is 0.378. The van der Waals surface area contributed by atoms with Gasteiger partial charge < -0.3 is 0 Å². The van der Waals surface area contributed by atoms with E-state index in [0.29, 0.717) is 12.2 Å². The maximum absolute atomic E-state index is 11.0. The molecule has 0 aliphatic heterocycles. The van der Waals surface area contributed by atoms with Crippen molar-refractivity contribution < 1.29 is 4.79 Å². The molecule has 0 atom stereocenters. The third-order valence-electron chi connectivity index (χ3n) is 2.17. The van der Waals surface area contributed by atoms with E-state index in [1.165, 1.54) is 11.1 Å². The first-order chi connectivity index (χ1) is 5.27. The summed E-state index contributed by atoms with van der Waals surface area (Å²) in [6.45, 7) is 4.03. The fourth-order valence-electron chi connectivity index (χ4n) is 1.47. The summed E-state index contributed by atoms with van der Waals surface area (Å²) in [6.07, 6.45) is 6.48. The largest absolute Gasteiger partial charge is 0.299 e. The van der Waals surface area contributed by atoms with E-state index in [1.54, 1.807) is 0 Å². The Morgan fingerprint density at radius 2 is 1.73 bits per heavy atom. The zero-order valence-corrected chi connectivity index (χ0v) is 7.18. The highest BCUT2D eigenvalue weighted by molar-refractivity contribution is 5.84. The van der Waals surface area contributed by atoms with E-state index in [0.717, 1.165) is 12.8 Å². The van der Waals surface area contributed by atoms with Gasteiger partial charge in [-0.05, 0) is 31.4 Å². The fraction of sp³-hybridized carbons (Fsp3) is 0.500. The number of carbonyl (C=O) groups is 1. The lowest BCUT2D eigenvalue weighted by atomic mass is 9.88. The molecular weight excluding hydrogens is 136 g/mol. The molecule has 0 aromatic carbocycles. The number of hydrogen-bond acceptors (Lipinski definition) is 1. The average Bonchev–Trinajstić information content (AvgIpc) is 2.04. The van der Waals surface area contributed by atoms with Crippen LogP contribution < -0.4 is 0 Å². The van der Waals surface area contributed by atoms with Crippen molar-refractivity contribution in [2.45, 2.75) is 33.1 Å². The van der Waals surface area contributed by atoms with Crippen molar-refractivity contribution in [3.05, 3.63) is 23.3 Å². The normalized spacial score (nSPS) is 26.5. The Morgan fingerprint density at radius 1 is 1.09 bits per heavy atom. The van der Waals surface area contributed by atoms with Gasteiger partial charge in [-0.3, -0.25) is 4.79 Å². The molecule has 0 aromatic heterocycles. The van der Waals surface area contributed by atoms with Gasteiger partial charge >= 0.3 is 0 Å². The van der Waals surface area contributed by atoms with Crippen LogP contribution in [0.25, 0.3) is 0 Å². The topological polar surface area (TPSA) is 17.1 Å². The smallest absolute Gasteiger partial charge is 0.137 e. The Morgan fingerprint density at radius 3 is 2.27 bits per heavy atom. The second-order valence-corrected chi connectivity index (χ2v) is 2.84. The zero-order chi connectivity index (χ0) is 8.27. The predicted molar refractivity (Wildman–Crippen MR) is 46.4 cm³/mol. The van der Waals surface area contributed by atoms with Crippen LogP contribution in [0.3, 0.4) is 0 Å². The summed E-state index contributed by atoms with van der Waals surface area (Å²) in [7, 11) is 0. The van der Waals surface area contributed by atoms with Gasteiger partial charge in [0, 0.05) is 12.8 Å². The molecule has 0 radical (unpaired) electrons. The van der Waals surface area contributed by atoms with Gasteiger partial charge in [-0.25, -0.2) is 0 Å². The molecule has 0 N–H and O–H groups in total. The van der Waals surface area contributed by atoms with Gasteiger partial charge in [0.05, 0.1) is 0 Å². The minimum absolute atomic E-state index is 0.378. The van der Waals surface area contributed by atoms with Crippen molar-refractivity contribution >= 4 is 5.78 Å². The number of Topliss-reactive ketones (excluding diaryl/α,β-unsaturated/α-hetero) is 1. The van der Waals surface area contributed by atoms with Crippen LogP contribution in [0.5, 0.6) is 0 Å². The lowest BCUT2D eigenvalue weighted by molar-refractivity contribution is -0.118. The lowest BCUT2D eigenvalue weighted by Crippen LogP contribution is -2.08. The molecule has 0 bridgehead atoms. The number of rotatable bonds is 0. The molecule has 1 nitrogen and oxygen atoms in total. The van der Waals surface area contributed by atoms with Crippen LogP contribution in [0.2, 0.25) is 0 Å². The molecule has 1 saturated carbocycles. The molecule has 0 unspecified atom stereocenters. The molecule has 1 rings (SSSR count). The molecule has 11 heavy (non-hydrogen) atoms. The predicted octanol–water partition coefficient (Wildman–Crippen LogP) is 2.63. The Bertz CT molecular complexity index is 221.